The lowest BCUT2D eigenvalue weighted by molar-refractivity contribution is -0.181. The number of rotatable bonds is 3. The normalized spacial score (nSPS) is 12.4. The van der Waals surface area contributed by atoms with E-state index in [0.29, 0.717) is 11.3 Å². The molecule has 0 radical (unpaired) electrons. The summed E-state index contributed by atoms with van der Waals surface area (Å²) in [5.41, 5.74) is -1.80. The number of benzene rings is 1. The molecule has 154 valence electrons. The molecule has 2 N–H and O–H groups in total. The van der Waals surface area contributed by atoms with Gasteiger partial charge in [0.1, 0.15) is 17.1 Å². The fraction of sp³-hybridized carbons (Fsp3) is 0.200. The fourth-order valence-corrected chi connectivity index (χ4v) is 3.11. The third kappa shape index (κ3) is 2.92. The monoisotopic (exact) mass is 414 g/mol. The average Bonchev–Trinajstić information content (AvgIpc) is 2.98. The first-order valence-corrected chi connectivity index (χ1v) is 8.97. The number of nitrogen functional groups attached to an aromatic ring is 1. The average molecular weight is 414 g/mol. The molecule has 0 atom stereocenters. The van der Waals surface area contributed by atoms with Crippen LogP contribution in [0.15, 0.2) is 59.7 Å². The van der Waals surface area contributed by atoms with Gasteiger partial charge >= 0.3 is 6.18 Å². The van der Waals surface area contributed by atoms with Crippen molar-refractivity contribution in [3.63, 3.8) is 0 Å². The van der Waals surface area contributed by atoms with E-state index in [4.69, 9.17) is 5.84 Å². The van der Waals surface area contributed by atoms with Crippen molar-refractivity contribution in [2.75, 3.05) is 5.84 Å². The molecule has 0 aliphatic carbocycles. The summed E-state index contributed by atoms with van der Waals surface area (Å²) in [6.07, 6.45) is -3.24. The minimum Gasteiger partial charge on any atom is -0.321 e. The lowest BCUT2D eigenvalue weighted by Crippen LogP contribution is -2.37. The van der Waals surface area contributed by atoms with Crippen LogP contribution in [0.4, 0.5) is 13.2 Å². The van der Waals surface area contributed by atoms with E-state index in [1.165, 1.54) is 29.2 Å². The van der Waals surface area contributed by atoms with Gasteiger partial charge in [-0.1, -0.05) is 36.4 Å². The Morgan fingerprint density at radius 3 is 2.33 bits per heavy atom. The fourth-order valence-electron chi connectivity index (χ4n) is 3.11. The number of hydrogen-bond acceptors (Lipinski definition) is 5. The molecule has 3 aromatic heterocycles. The molecule has 7 nitrogen and oxygen atoms in total. The van der Waals surface area contributed by atoms with Crippen molar-refractivity contribution in [2.24, 2.45) is 0 Å². The molecule has 10 heteroatoms. The van der Waals surface area contributed by atoms with Gasteiger partial charge in [0, 0.05) is 5.56 Å². The number of alkyl halides is 3. The second-order valence-corrected chi connectivity index (χ2v) is 7.25. The van der Waals surface area contributed by atoms with Crippen LogP contribution >= 0.6 is 0 Å². The SMILES string of the molecule is CC(C)(c1cccc(-n2c3ncnc(-c4ccccc4)c3c(=O)n2N)n1)C(F)(F)F. The van der Waals surface area contributed by atoms with Gasteiger partial charge in [0.2, 0.25) is 0 Å². The van der Waals surface area contributed by atoms with Gasteiger partial charge in [-0.2, -0.15) is 22.6 Å². The first kappa shape index (κ1) is 19.6. The number of halogens is 3. The Labute approximate surface area is 168 Å². The molecule has 4 aromatic rings. The van der Waals surface area contributed by atoms with Crippen LogP contribution in [-0.2, 0) is 5.41 Å². The number of nitrogens with two attached hydrogens (primary N) is 1. The number of aromatic nitrogens is 5. The third-order valence-electron chi connectivity index (χ3n) is 5.01. The summed E-state index contributed by atoms with van der Waals surface area (Å²) in [7, 11) is 0. The molecule has 0 aliphatic heterocycles. The summed E-state index contributed by atoms with van der Waals surface area (Å²) in [4.78, 5) is 26.2. The van der Waals surface area contributed by atoms with Gasteiger partial charge in [0.05, 0.1) is 11.4 Å². The highest BCUT2D eigenvalue weighted by molar-refractivity contribution is 5.90. The predicted octanol–water partition coefficient (Wildman–Crippen LogP) is 3.20. The van der Waals surface area contributed by atoms with E-state index in [1.807, 2.05) is 6.07 Å². The predicted molar refractivity (Wildman–Crippen MR) is 106 cm³/mol. The van der Waals surface area contributed by atoms with E-state index in [2.05, 4.69) is 15.0 Å². The second-order valence-electron chi connectivity index (χ2n) is 7.25. The highest BCUT2D eigenvalue weighted by atomic mass is 19.4. The van der Waals surface area contributed by atoms with E-state index in [-0.39, 0.29) is 22.5 Å². The Hall–Kier alpha value is -3.69. The Morgan fingerprint density at radius 2 is 1.67 bits per heavy atom. The number of hydrogen-bond donors (Lipinski definition) is 1. The number of nitrogens with zero attached hydrogens (tertiary/aromatic N) is 5. The summed E-state index contributed by atoms with van der Waals surface area (Å²) in [6, 6.07) is 13.2. The standard InChI is InChI=1S/C20H17F3N6O/c1-19(2,20(21,22)23)13-9-6-10-14(27-13)28-17-15(18(30)29(28)24)16(25-11-26-17)12-7-4-3-5-8-12/h3-11H,24H2,1-2H3. The van der Waals surface area contributed by atoms with Crippen molar-refractivity contribution in [1.29, 1.82) is 0 Å². The van der Waals surface area contributed by atoms with Crippen LogP contribution in [0.3, 0.4) is 0 Å². The molecule has 3 heterocycles. The van der Waals surface area contributed by atoms with E-state index in [0.717, 1.165) is 18.6 Å². The van der Waals surface area contributed by atoms with Crippen molar-refractivity contribution < 1.29 is 13.2 Å². The summed E-state index contributed by atoms with van der Waals surface area (Å²) < 4.78 is 41.6. The van der Waals surface area contributed by atoms with Crippen molar-refractivity contribution in [2.45, 2.75) is 25.4 Å². The largest absolute Gasteiger partial charge is 0.399 e. The van der Waals surface area contributed by atoms with Gasteiger partial charge in [-0.15, -0.1) is 0 Å². The van der Waals surface area contributed by atoms with Gasteiger partial charge < -0.3 is 5.84 Å². The van der Waals surface area contributed by atoms with Crippen molar-refractivity contribution in [3.05, 3.63) is 70.9 Å². The van der Waals surface area contributed by atoms with Crippen molar-refractivity contribution >= 4 is 11.0 Å². The second kappa shape index (κ2) is 6.68. The van der Waals surface area contributed by atoms with E-state index < -0.39 is 17.2 Å². The summed E-state index contributed by atoms with van der Waals surface area (Å²) in [6.45, 7) is 2.08. The topological polar surface area (TPSA) is 91.6 Å². The zero-order valence-corrected chi connectivity index (χ0v) is 16.1. The number of pyridine rings is 1. The van der Waals surface area contributed by atoms with Crippen LogP contribution in [0.1, 0.15) is 19.5 Å². The van der Waals surface area contributed by atoms with Crippen LogP contribution < -0.4 is 11.4 Å². The molecule has 0 saturated heterocycles. The molecule has 0 unspecified atom stereocenters. The van der Waals surface area contributed by atoms with Gasteiger partial charge in [-0.05, 0) is 26.0 Å². The summed E-state index contributed by atoms with van der Waals surface area (Å²) >= 11 is 0. The quantitative estimate of drug-likeness (QED) is 0.520. The smallest absolute Gasteiger partial charge is 0.321 e. The van der Waals surface area contributed by atoms with Crippen LogP contribution in [0.25, 0.3) is 28.1 Å². The van der Waals surface area contributed by atoms with Crippen LogP contribution in [0, 0.1) is 0 Å². The van der Waals surface area contributed by atoms with Gasteiger partial charge in [0.15, 0.2) is 11.5 Å². The van der Waals surface area contributed by atoms with Gasteiger partial charge in [-0.3, -0.25) is 4.79 Å². The minimum absolute atomic E-state index is 0.0390. The van der Waals surface area contributed by atoms with Crippen LogP contribution in [0.2, 0.25) is 0 Å². The Balaban J connectivity index is 1.97. The first-order chi connectivity index (χ1) is 14.1. The molecular weight excluding hydrogens is 397 g/mol. The molecule has 0 fully saturated rings. The number of fused-ring (bicyclic) bond motifs is 1. The van der Waals surface area contributed by atoms with Crippen molar-refractivity contribution in [1.82, 2.24) is 24.4 Å². The molecule has 0 aliphatic rings. The zero-order valence-electron chi connectivity index (χ0n) is 16.1. The summed E-state index contributed by atoms with van der Waals surface area (Å²) in [5, 5.41) is 0.147. The Morgan fingerprint density at radius 1 is 0.967 bits per heavy atom. The van der Waals surface area contributed by atoms with E-state index >= 15 is 0 Å². The van der Waals surface area contributed by atoms with E-state index in [9.17, 15) is 18.0 Å². The van der Waals surface area contributed by atoms with Crippen LogP contribution in [0.5, 0.6) is 0 Å². The van der Waals surface area contributed by atoms with E-state index in [1.54, 1.807) is 24.3 Å². The summed E-state index contributed by atoms with van der Waals surface area (Å²) in [5.74, 6) is 6.02. The van der Waals surface area contributed by atoms with Gasteiger partial charge in [-0.25, -0.2) is 15.0 Å². The molecule has 1 aromatic carbocycles. The third-order valence-corrected chi connectivity index (χ3v) is 5.01. The Kier molecular flexibility index (Phi) is 4.37. The molecule has 30 heavy (non-hydrogen) atoms. The lowest BCUT2D eigenvalue weighted by Gasteiger charge is -2.27. The molecule has 0 amide bonds. The molecular formula is C20H17F3N6O. The maximum Gasteiger partial charge on any atom is 0.399 e. The molecule has 0 spiro atoms. The van der Waals surface area contributed by atoms with Crippen LogP contribution in [-0.4, -0.2) is 30.6 Å². The molecule has 4 rings (SSSR count). The first-order valence-electron chi connectivity index (χ1n) is 8.97. The highest BCUT2D eigenvalue weighted by Gasteiger charge is 2.49. The van der Waals surface area contributed by atoms with Gasteiger partial charge in [0.25, 0.3) is 5.56 Å². The lowest BCUT2D eigenvalue weighted by atomic mass is 9.88. The minimum atomic E-state index is -4.51. The molecule has 0 bridgehead atoms. The molecule has 0 saturated carbocycles. The zero-order chi connectivity index (χ0) is 21.7. The van der Waals surface area contributed by atoms with Crippen molar-refractivity contribution in [3.8, 4) is 17.1 Å². The Bertz CT molecular complexity index is 1290. The maximum atomic E-state index is 13.5. The maximum absolute atomic E-state index is 13.5. The highest BCUT2D eigenvalue weighted by Crippen LogP contribution is 2.39.